The maximum absolute atomic E-state index is 10.1. The number of fused-ring (bicyclic) bond motifs is 17. The Morgan fingerprint density at radius 1 is 0.323 bits per heavy atom. The van der Waals surface area contributed by atoms with Gasteiger partial charge in [-0.3, -0.25) is 0 Å². The van der Waals surface area contributed by atoms with Gasteiger partial charge in [0.2, 0.25) is 0 Å². The van der Waals surface area contributed by atoms with Crippen LogP contribution in [0, 0.1) is 0 Å². The summed E-state index contributed by atoms with van der Waals surface area (Å²) in [7, 11) is 0. The molecule has 0 saturated heterocycles. The van der Waals surface area contributed by atoms with Crippen molar-refractivity contribution in [3.63, 3.8) is 0 Å². The Balaban J connectivity index is 1.07. The molecule has 19 rings (SSSR count). The smallest absolute Gasteiger partial charge is 0.252 e. The highest BCUT2D eigenvalue weighted by atomic mass is 15.2. The first-order valence-corrected chi connectivity index (χ1v) is 31.3. The van der Waals surface area contributed by atoms with Gasteiger partial charge in [0, 0.05) is 77.4 Å². The molecule has 0 fully saturated rings. The molecule has 5 heterocycles. The molecule has 3 aromatic heterocycles. The quantitative estimate of drug-likeness (QED) is 0.154. The summed E-state index contributed by atoms with van der Waals surface area (Å²) in [5.41, 5.74) is 13.7. The van der Waals surface area contributed by atoms with Crippen molar-refractivity contribution in [3.8, 4) is 39.1 Å². The van der Waals surface area contributed by atoms with E-state index in [9.17, 15) is 17.8 Å². The number of hydrogen-bond acceptors (Lipinski definition) is 2. The van der Waals surface area contributed by atoms with Gasteiger partial charge >= 0.3 is 0 Å². The molecule has 0 radical (unpaired) electrons. The third-order valence-corrected chi connectivity index (χ3v) is 19.1. The standard InChI is InChI=1S/C88H61BN4/c1-88(2,3)59-51-83-85-84(52-59)93(86-62(57-29-9-5-10-30-57)41-25-42-63(86)58-31-11-6-12-32-58)81-53-60(90-77-46-22-18-38-68(77)69-39-19-23-47-78(69)90)49-50-74(81)89(85)75-54-73-67-37-16-14-35-65(67)64-34-13-15-36-66(64)71-43-26-44-72-70-40-20-24-48-79(70)92(87(71)72)80(73)55-82(75)91(83)76-45-21-17-33-61(76)56-27-7-4-8-28-56/h4-55H,1-3H3/i18D,19D,20D,22D,23D,24D,26D,38D,39D,40D,43D,44D,46D,47D,48D. The van der Waals surface area contributed by atoms with Crippen LogP contribution in [0.5, 0.6) is 0 Å². The van der Waals surface area contributed by atoms with E-state index in [1.807, 2.05) is 138 Å². The highest BCUT2D eigenvalue weighted by Crippen LogP contribution is 2.53. The predicted octanol–water partition coefficient (Wildman–Crippen LogP) is 21.7. The van der Waals surface area contributed by atoms with Crippen LogP contribution < -0.4 is 26.2 Å². The lowest BCUT2D eigenvalue weighted by atomic mass is 9.33. The van der Waals surface area contributed by atoms with Crippen LogP contribution >= 0.6 is 0 Å². The van der Waals surface area contributed by atoms with Crippen molar-refractivity contribution in [2.24, 2.45) is 0 Å². The summed E-state index contributed by atoms with van der Waals surface area (Å²) in [5, 5.41) is 3.72. The first-order chi connectivity index (χ1) is 52.1. The summed E-state index contributed by atoms with van der Waals surface area (Å²) in [4.78, 5) is 4.65. The molecule has 0 aliphatic carbocycles. The number of hydrogen-bond donors (Lipinski definition) is 0. The molecule has 93 heavy (non-hydrogen) atoms. The van der Waals surface area contributed by atoms with Gasteiger partial charge in [0.25, 0.3) is 6.71 Å². The van der Waals surface area contributed by atoms with Gasteiger partial charge in [-0.2, -0.15) is 0 Å². The minimum atomic E-state index is -0.731. The Morgan fingerprint density at radius 3 is 1.39 bits per heavy atom. The van der Waals surface area contributed by atoms with E-state index in [1.54, 1.807) is 4.57 Å². The van der Waals surface area contributed by atoms with Crippen LogP contribution in [0.2, 0.25) is 0 Å². The number of benzene rings is 14. The van der Waals surface area contributed by atoms with Crippen LogP contribution in [0.4, 0.5) is 34.1 Å². The Labute approximate surface area is 561 Å². The van der Waals surface area contributed by atoms with E-state index >= 15 is 0 Å². The van der Waals surface area contributed by atoms with Crippen LogP contribution in [-0.4, -0.2) is 15.7 Å². The molecule has 0 unspecified atom stereocenters. The Morgan fingerprint density at radius 2 is 0.785 bits per heavy atom. The van der Waals surface area contributed by atoms with Crippen molar-refractivity contribution in [1.82, 2.24) is 8.97 Å². The molecule has 436 valence electrons. The first kappa shape index (κ1) is 40.2. The van der Waals surface area contributed by atoms with Crippen LogP contribution in [0.1, 0.15) is 46.9 Å². The minimum Gasteiger partial charge on any atom is -0.311 e. The molecular weight excluding hydrogens is 1120 g/mol. The van der Waals surface area contributed by atoms with E-state index in [0.717, 1.165) is 88.9 Å². The van der Waals surface area contributed by atoms with Gasteiger partial charge in [0.05, 0.1) is 59.5 Å². The number of anilines is 6. The average Bonchev–Trinajstić information content (AvgIpc) is 1.17. The van der Waals surface area contributed by atoms with Crippen LogP contribution in [-0.2, 0) is 5.41 Å². The molecule has 0 amide bonds. The zero-order chi connectivity index (χ0) is 74.7. The summed E-state index contributed by atoms with van der Waals surface area (Å²) < 4.78 is 147. The fourth-order valence-corrected chi connectivity index (χ4v) is 15.1. The Hall–Kier alpha value is -11.7. The van der Waals surface area contributed by atoms with Gasteiger partial charge < -0.3 is 18.8 Å². The van der Waals surface area contributed by atoms with Crippen LogP contribution in [0.25, 0.3) is 121 Å². The summed E-state index contributed by atoms with van der Waals surface area (Å²) >= 11 is 0. The van der Waals surface area contributed by atoms with Gasteiger partial charge in [-0.25, -0.2) is 0 Å². The fourth-order valence-electron chi connectivity index (χ4n) is 15.1. The van der Waals surface area contributed by atoms with E-state index in [1.165, 1.54) is 0 Å². The van der Waals surface area contributed by atoms with Crippen molar-refractivity contribution in [3.05, 3.63) is 321 Å². The molecule has 0 spiro atoms. The van der Waals surface area contributed by atoms with Crippen LogP contribution in [0.15, 0.2) is 315 Å². The molecule has 0 saturated carbocycles. The lowest BCUT2D eigenvalue weighted by Crippen LogP contribution is -2.61. The monoisotopic (exact) mass is 1200 g/mol. The predicted molar refractivity (Wildman–Crippen MR) is 397 cm³/mol. The SMILES string of the molecule is [2H]c1c([2H])c([2H])c2c(c1[2H])c1c([2H])c([2H])c([2H])c([2H])c1n2-c1ccc2c(c1)N(c1c(-c3ccccc3)cccc1-c1ccccc1)c1cc(C(C)(C)C)cc3c1B2c1cc2c4ccccc4c4ccccc4c4c([2H])c([2H])c([2H])c5c6c([2H])c([2H])c([2H])c([2H])c6n(c2cc1N3c1ccccc1-c1ccccc1)c45. The number of aromatic nitrogens is 2. The number of nitrogens with zero attached hydrogens (tertiary/aromatic N) is 4. The molecule has 2 aliphatic heterocycles. The molecule has 0 atom stereocenters. The van der Waals surface area contributed by atoms with E-state index in [2.05, 4.69) is 122 Å². The zero-order valence-corrected chi connectivity index (χ0v) is 50.7. The van der Waals surface area contributed by atoms with E-state index < -0.39 is 78.6 Å². The van der Waals surface area contributed by atoms with Crippen molar-refractivity contribution in [2.45, 2.75) is 26.2 Å². The normalized spacial score (nSPS) is 15.1. The van der Waals surface area contributed by atoms with Crippen molar-refractivity contribution in [1.29, 1.82) is 0 Å². The highest BCUT2D eigenvalue weighted by molar-refractivity contribution is 7.00. The third-order valence-electron chi connectivity index (χ3n) is 19.1. The van der Waals surface area contributed by atoms with Crippen molar-refractivity contribution < 1.29 is 20.6 Å². The summed E-state index contributed by atoms with van der Waals surface area (Å²) in [5.74, 6) is 0. The number of rotatable bonds is 6. The topological polar surface area (TPSA) is 15.8 Å². The number of para-hydroxylation sites is 6. The van der Waals surface area contributed by atoms with E-state index in [-0.39, 0.29) is 73.2 Å². The second-order valence-corrected chi connectivity index (χ2v) is 25.2. The molecular formula is C88H61BN4. The summed E-state index contributed by atoms with van der Waals surface area (Å²) in [6.45, 7) is 5.82. The third kappa shape index (κ3) is 7.93. The van der Waals surface area contributed by atoms with Gasteiger partial charge in [-0.15, -0.1) is 0 Å². The molecule has 0 bridgehead atoms. The largest absolute Gasteiger partial charge is 0.311 e. The fraction of sp³-hybridized carbons (Fsp3) is 0.0455. The molecule has 5 heteroatoms. The van der Waals surface area contributed by atoms with E-state index in [4.69, 9.17) is 2.74 Å². The van der Waals surface area contributed by atoms with Crippen molar-refractivity contribution in [2.75, 3.05) is 9.80 Å². The Bertz CT molecular complexity index is 6800. The summed E-state index contributed by atoms with van der Waals surface area (Å²) in [6.07, 6.45) is 0. The van der Waals surface area contributed by atoms with Gasteiger partial charge in [0.1, 0.15) is 0 Å². The van der Waals surface area contributed by atoms with E-state index in [0.29, 0.717) is 38.7 Å². The highest BCUT2D eigenvalue weighted by Gasteiger charge is 2.46. The lowest BCUT2D eigenvalue weighted by molar-refractivity contribution is 0.590. The molecule has 0 N–H and O–H groups in total. The molecule has 2 aliphatic rings. The second-order valence-electron chi connectivity index (χ2n) is 25.2. The second kappa shape index (κ2) is 20.4. The van der Waals surface area contributed by atoms with Gasteiger partial charge in [0.15, 0.2) is 0 Å². The summed E-state index contributed by atoms with van der Waals surface area (Å²) in [6, 6.07) is 68.9. The van der Waals surface area contributed by atoms with Crippen LogP contribution in [0.3, 0.4) is 0 Å². The van der Waals surface area contributed by atoms with Gasteiger partial charge in [-0.1, -0.05) is 281 Å². The van der Waals surface area contributed by atoms with Crippen molar-refractivity contribution >= 4 is 139 Å². The Kier molecular flexibility index (Phi) is 8.82. The van der Waals surface area contributed by atoms with Gasteiger partial charge in [-0.05, 0) is 120 Å². The lowest BCUT2D eigenvalue weighted by Gasteiger charge is -2.46. The molecule has 14 aromatic carbocycles. The first-order valence-electron chi connectivity index (χ1n) is 38.8. The maximum atomic E-state index is 10.1. The average molecular weight is 1200 g/mol. The molecule has 4 nitrogen and oxygen atoms in total. The molecule has 17 aromatic rings. The maximum Gasteiger partial charge on any atom is 0.252 e. The minimum absolute atomic E-state index is 0.0321. The zero-order valence-electron chi connectivity index (χ0n) is 65.7.